The third kappa shape index (κ3) is 2.73. The molecule has 0 bridgehead atoms. The minimum atomic E-state index is -1.07. The van der Waals surface area contributed by atoms with Gasteiger partial charge in [0.15, 0.2) is 0 Å². The molecule has 0 saturated heterocycles. The van der Waals surface area contributed by atoms with E-state index in [0.29, 0.717) is 22.9 Å². The molecular weight excluding hydrogens is 392 g/mol. The van der Waals surface area contributed by atoms with Crippen molar-refractivity contribution in [3.63, 3.8) is 0 Å². The summed E-state index contributed by atoms with van der Waals surface area (Å²) < 4.78 is 15.2. The Morgan fingerprint density at radius 3 is 2.64 bits per heavy atom. The van der Waals surface area contributed by atoms with Gasteiger partial charge in [0.2, 0.25) is 0 Å². The molecule has 2 aliphatic rings. The van der Waals surface area contributed by atoms with Gasteiger partial charge in [-0.15, -0.1) is 11.3 Å². The molecule has 1 unspecified atom stereocenters. The van der Waals surface area contributed by atoms with Crippen molar-refractivity contribution in [2.24, 2.45) is 7.05 Å². The van der Waals surface area contributed by atoms with Gasteiger partial charge in [0.25, 0.3) is 5.56 Å². The van der Waals surface area contributed by atoms with Crippen molar-refractivity contribution in [3.05, 3.63) is 34.5 Å². The van der Waals surface area contributed by atoms with Crippen LogP contribution in [0.5, 0.6) is 0 Å². The highest BCUT2D eigenvalue weighted by atomic mass is 32.2. The molecule has 2 saturated carbocycles. The van der Waals surface area contributed by atoms with Crippen LogP contribution in [0.2, 0.25) is 0 Å². The lowest BCUT2D eigenvalue weighted by molar-refractivity contribution is 0.422. The third-order valence-electron chi connectivity index (χ3n) is 6.05. The summed E-state index contributed by atoms with van der Waals surface area (Å²) in [5, 5.41) is 1.16. The van der Waals surface area contributed by atoms with Gasteiger partial charge in [-0.2, -0.15) is 0 Å². The molecule has 28 heavy (non-hydrogen) atoms. The van der Waals surface area contributed by atoms with E-state index in [1.54, 1.807) is 13.2 Å². The first-order chi connectivity index (χ1) is 13.5. The summed E-state index contributed by atoms with van der Waals surface area (Å²) in [6, 6.07) is 2.00. The van der Waals surface area contributed by atoms with E-state index < -0.39 is 10.8 Å². The van der Waals surface area contributed by atoms with Crippen LogP contribution in [0.1, 0.15) is 50.0 Å². The highest BCUT2D eigenvalue weighted by molar-refractivity contribution is 7.88. The SMILES string of the molecule is Cn1cncc(-c2cc(C3CCC3)c3c(N)c(S(=O)C4CCC4)sc3n2)c1=O. The second-order valence-electron chi connectivity index (χ2n) is 7.78. The van der Waals surface area contributed by atoms with Crippen molar-refractivity contribution < 1.29 is 4.21 Å². The Morgan fingerprint density at radius 2 is 2.00 bits per heavy atom. The zero-order chi connectivity index (χ0) is 19.4. The summed E-state index contributed by atoms with van der Waals surface area (Å²) in [6.45, 7) is 0. The van der Waals surface area contributed by atoms with Crippen LogP contribution < -0.4 is 11.3 Å². The number of nitrogen functional groups attached to an aromatic ring is 1. The Hall–Kier alpha value is -2.06. The predicted octanol–water partition coefficient (Wildman–Crippen LogP) is 3.57. The van der Waals surface area contributed by atoms with Gasteiger partial charge < -0.3 is 10.3 Å². The standard InChI is InChI=1S/C20H22N4O2S2/c1-24-10-22-9-14(19(24)25)15-8-13(11-4-2-5-11)16-17(21)20(27-18(16)23-15)28(26)12-6-3-7-12/h8-12H,2-7,21H2,1H3. The monoisotopic (exact) mass is 414 g/mol. The van der Waals surface area contributed by atoms with Gasteiger partial charge in [0.05, 0.1) is 34.1 Å². The van der Waals surface area contributed by atoms with E-state index in [2.05, 4.69) is 4.98 Å². The molecule has 6 nitrogen and oxygen atoms in total. The minimum Gasteiger partial charge on any atom is -0.396 e. The van der Waals surface area contributed by atoms with Crippen LogP contribution in [-0.2, 0) is 17.8 Å². The van der Waals surface area contributed by atoms with Crippen LogP contribution in [0.3, 0.4) is 0 Å². The van der Waals surface area contributed by atoms with Crippen molar-refractivity contribution in [1.82, 2.24) is 14.5 Å². The minimum absolute atomic E-state index is 0.121. The molecule has 2 N–H and O–H groups in total. The fourth-order valence-corrected chi connectivity index (χ4v) is 7.09. The van der Waals surface area contributed by atoms with Gasteiger partial charge in [-0.3, -0.25) is 9.00 Å². The molecular formula is C20H22N4O2S2. The van der Waals surface area contributed by atoms with Gasteiger partial charge in [-0.1, -0.05) is 12.8 Å². The smallest absolute Gasteiger partial charge is 0.262 e. The van der Waals surface area contributed by atoms with Crippen molar-refractivity contribution >= 4 is 38.0 Å². The number of fused-ring (bicyclic) bond motifs is 1. The van der Waals surface area contributed by atoms with Gasteiger partial charge in [0, 0.05) is 23.9 Å². The summed E-state index contributed by atoms with van der Waals surface area (Å²) in [4.78, 5) is 22.3. The maximum atomic E-state index is 13.0. The summed E-state index contributed by atoms with van der Waals surface area (Å²) in [5.41, 5.74) is 9.28. The third-order valence-corrected chi connectivity index (χ3v) is 9.35. The van der Waals surface area contributed by atoms with E-state index in [9.17, 15) is 9.00 Å². The summed E-state index contributed by atoms with van der Waals surface area (Å²) in [5.74, 6) is 0.423. The Balaban J connectivity index is 1.72. The molecule has 3 aromatic heterocycles. The molecule has 3 aromatic rings. The number of nitrogens with zero attached hydrogens (tertiary/aromatic N) is 3. The first-order valence-electron chi connectivity index (χ1n) is 9.69. The van der Waals surface area contributed by atoms with E-state index in [-0.39, 0.29) is 10.8 Å². The molecule has 0 aliphatic heterocycles. The highest BCUT2D eigenvalue weighted by Crippen LogP contribution is 2.47. The Bertz CT molecular complexity index is 1160. The van der Waals surface area contributed by atoms with Crippen molar-refractivity contribution in [1.29, 1.82) is 0 Å². The molecule has 5 rings (SSSR count). The first kappa shape index (κ1) is 18.0. The molecule has 2 aliphatic carbocycles. The number of thiophene rings is 1. The Kier molecular flexibility index (Phi) is 4.35. The lowest BCUT2D eigenvalue weighted by atomic mass is 9.79. The quantitative estimate of drug-likeness (QED) is 0.705. The average Bonchev–Trinajstić information content (AvgIpc) is 2.91. The number of nitrogens with two attached hydrogens (primary N) is 1. The molecule has 8 heteroatoms. The van der Waals surface area contributed by atoms with Crippen LogP contribution in [-0.4, -0.2) is 24.0 Å². The molecule has 1 atom stereocenters. The number of hydrogen-bond acceptors (Lipinski definition) is 6. The summed E-state index contributed by atoms with van der Waals surface area (Å²) in [6.07, 6.45) is 9.64. The lowest BCUT2D eigenvalue weighted by Gasteiger charge is -2.27. The van der Waals surface area contributed by atoms with Crippen LogP contribution in [0.25, 0.3) is 21.5 Å². The molecule has 2 fully saturated rings. The molecule has 0 radical (unpaired) electrons. The van der Waals surface area contributed by atoms with Crippen LogP contribution in [0, 0.1) is 0 Å². The fourth-order valence-electron chi connectivity index (χ4n) is 3.88. The normalized spacial score (nSPS) is 18.8. The molecule has 146 valence electrons. The Labute approximate surface area is 169 Å². The maximum Gasteiger partial charge on any atom is 0.262 e. The zero-order valence-electron chi connectivity index (χ0n) is 15.7. The van der Waals surface area contributed by atoms with Crippen molar-refractivity contribution in [2.45, 2.75) is 53.9 Å². The largest absolute Gasteiger partial charge is 0.396 e. The number of rotatable bonds is 4. The van der Waals surface area contributed by atoms with Crippen molar-refractivity contribution in [3.8, 4) is 11.3 Å². The van der Waals surface area contributed by atoms with E-state index >= 15 is 0 Å². The maximum absolute atomic E-state index is 13.0. The molecule has 3 heterocycles. The highest BCUT2D eigenvalue weighted by Gasteiger charge is 2.31. The lowest BCUT2D eigenvalue weighted by Crippen LogP contribution is -2.23. The predicted molar refractivity (Wildman–Crippen MR) is 113 cm³/mol. The number of aromatic nitrogens is 3. The van der Waals surface area contributed by atoms with Crippen LogP contribution in [0.15, 0.2) is 27.6 Å². The summed E-state index contributed by atoms with van der Waals surface area (Å²) >= 11 is 1.43. The van der Waals surface area contributed by atoms with Gasteiger partial charge >= 0.3 is 0 Å². The van der Waals surface area contributed by atoms with Gasteiger partial charge in [0.1, 0.15) is 9.04 Å². The second-order valence-corrected chi connectivity index (χ2v) is 10.7. The number of anilines is 1. The van der Waals surface area contributed by atoms with Gasteiger partial charge in [-0.05, 0) is 43.2 Å². The number of pyridine rings is 1. The van der Waals surface area contributed by atoms with Crippen molar-refractivity contribution in [2.75, 3.05) is 5.73 Å². The van der Waals surface area contributed by atoms with Gasteiger partial charge in [-0.25, -0.2) is 9.97 Å². The molecule has 0 aromatic carbocycles. The van der Waals surface area contributed by atoms with Crippen LogP contribution >= 0.6 is 11.3 Å². The molecule has 0 amide bonds. The zero-order valence-corrected chi connectivity index (χ0v) is 17.3. The van der Waals surface area contributed by atoms with E-state index in [1.807, 2.05) is 6.07 Å². The van der Waals surface area contributed by atoms with E-state index in [4.69, 9.17) is 10.7 Å². The fraction of sp³-hybridized carbons (Fsp3) is 0.450. The first-order valence-corrected chi connectivity index (χ1v) is 11.7. The molecule has 0 spiro atoms. The number of aryl methyl sites for hydroxylation is 1. The van der Waals surface area contributed by atoms with E-state index in [1.165, 1.54) is 28.7 Å². The second kappa shape index (κ2) is 6.77. The van der Waals surface area contributed by atoms with Crippen LogP contribution in [0.4, 0.5) is 5.69 Å². The number of hydrogen-bond donors (Lipinski definition) is 1. The topological polar surface area (TPSA) is 90.9 Å². The van der Waals surface area contributed by atoms with E-state index in [0.717, 1.165) is 52.1 Å². The average molecular weight is 415 g/mol. The summed E-state index contributed by atoms with van der Waals surface area (Å²) in [7, 11) is 0.613. The Morgan fingerprint density at radius 1 is 1.25 bits per heavy atom.